The van der Waals surface area contributed by atoms with Gasteiger partial charge in [0.15, 0.2) is 0 Å². The summed E-state index contributed by atoms with van der Waals surface area (Å²) in [6.45, 7) is 13.9. The molecule has 0 spiro atoms. The van der Waals surface area contributed by atoms with Gasteiger partial charge in [0.05, 0.1) is 12.7 Å². The van der Waals surface area contributed by atoms with E-state index in [9.17, 15) is 0 Å². The van der Waals surface area contributed by atoms with E-state index < -0.39 is 0 Å². The van der Waals surface area contributed by atoms with Crippen molar-refractivity contribution in [3.8, 4) is 0 Å². The van der Waals surface area contributed by atoms with Crippen LogP contribution in [0.4, 0.5) is 0 Å². The van der Waals surface area contributed by atoms with E-state index in [-0.39, 0.29) is 6.10 Å². The second kappa shape index (κ2) is 16.2. The summed E-state index contributed by atoms with van der Waals surface area (Å²) in [5.74, 6) is 0.619. The zero-order valence-corrected chi connectivity index (χ0v) is 14.2. The van der Waals surface area contributed by atoms with Gasteiger partial charge < -0.3 is 9.84 Å². The summed E-state index contributed by atoms with van der Waals surface area (Å²) in [4.78, 5) is 0. The summed E-state index contributed by atoms with van der Waals surface area (Å²) in [5, 5.41) is 8.36. The van der Waals surface area contributed by atoms with Gasteiger partial charge in [-0.25, -0.2) is 0 Å². The smallest absolute Gasteiger partial charge is 0.0717 e. The van der Waals surface area contributed by atoms with E-state index in [1.807, 2.05) is 25.1 Å². The van der Waals surface area contributed by atoms with Crippen LogP contribution in [0.1, 0.15) is 59.9 Å². The molecule has 0 radical (unpaired) electrons. The Morgan fingerprint density at radius 1 is 1.00 bits per heavy atom. The molecule has 1 rings (SSSR count). The van der Waals surface area contributed by atoms with E-state index in [4.69, 9.17) is 9.84 Å². The molecule has 2 heteroatoms. The largest absolute Gasteiger partial charge is 0.393 e. The van der Waals surface area contributed by atoms with Crippen molar-refractivity contribution in [2.24, 2.45) is 5.92 Å². The van der Waals surface area contributed by atoms with Crippen LogP contribution < -0.4 is 0 Å². The fourth-order valence-electron chi connectivity index (χ4n) is 0.987. The first kappa shape index (κ1) is 21.4. The predicted molar refractivity (Wildman–Crippen MR) is 88.9 cm³/mol. The van der Waals surface area contributed by atoms with Crippen molar-refractivity contribution >= 4 is 0 Å². The van der Waals surface area contributed by atoms with Gasteiger partial charge in [-0.05, 0) is 24.8 Å². The highest BCUT2D eigenvalue weighted by Crippen LogP contribution is 2.02. The quantitative estimate of drug-likeness (QED) is 0.818. The normalized spacial score (nSPS) is 11.0. The molecule has 0 bridgehead atoms. The molecule has 1 N–H and O–H groups in total. The van der Waals surface area contributed by atoms with Gasteiger partial charge in [0.2, 0.25) is 0 Å². The number of benzene rings is 1. The minimum absolute atomic E-state index is 0.116. The predicted octanol–water partition coefficient (Wildman–Crippen LogP) is 5.05. The third-order valence-electron chi connectivity index (χ3n) is 2.15. The fourth-order valence-corrected chi connectivity index (χ4v) is 0.987. The molecule has 0 aromatic heterocycles. The highest BCUT2D eigenvalue weighted by atomic mass is 16.5. The number of ether oxygens (including phenoxy) is 1. The Morgan fingerprint density at radius 2 is 1.45 bits per heavy atom. The van der Waals surface area contributed by atoms with Gasteiger partial charge in [0.25, 0.3) is 0 Å². The second-order valence-electron chi connectivity index (χ2n) is 5.36. The first-order chi connectivity index (χ1) is 9.47. The minimum Gasteiger partial charge on any atom is -0.393 e. The Hall–Kier alpha value is -0.860. The molecular weight excluding hydrogens is 248 g/mol. The standard InChI is InChI=1S/C11H16O.C4H10O.C3H8/c1-10(2)8-12-9-11-6-4-3-5-7-11;1-3-4(2)5;1-3-2/h3-7,10H,8-9H2,1-2H3;4-5H,3H2,1-2H3;3H2,1-2H3. The minimum atomic E-state index is -0.116. The maximum Gasteiger partial charge on any atom is 0.0717 e. The van der Waals surface area contributed by atoms with Crippen LogP contribution in [0.3, 0.4) is 0 Å². The van der Waals surface area contributed by atoms with Crippen molar-refractivity contribution < 1.29 is 9.84 Å². The molecule has 0 saturated carbocycles. The second-order valence-corrected chi connectivity index (χ2v) is 5.36. The average Bonchev–Trinajstić information content (AvgIpc) is 2.41. The topological polar surface area (TPSA) is 29.5 Å². The van der Waals surface area contributed by atoms with Crippen LogP contribution in [0.5, 0.6) is 0 Å². The van der Waals surface area contributed by atoms with Crippen molar-refractivity contribution in [1.29, 1.82) is 0 Å². The van der Waals surface area contributed by atoms with Crippen LogP contribution in [0.25, 0.3) is 0 Å². The Labute approximate surface area is 126 Å². The summed E-state index contributed by atoms with van der Waals surface area (Å²) in [6, 6.07) is 10.3. The third kappa shape index (κ3) is 19.5. The molecule has 2 nitrogen and oxygen atoms in total. The van der Waals surface area contributed by atoms with E-state index in [0.717, 1.165) is 19.6 Å². The lowest BCUT2D eigenvalue weighted by Crippen LogP contribution is -2.01. The first-order valence-electron chi connectivity index (χ1n) is 7.77. The summed E-state index contributed by atoms with van der Waals surface area (Å²) in [5.41, 5.74) is 1.25. The van der Waals surface area contributed by atoms with Gasteiger partial charge in [-0.3, -0.25) is 0 Å². The monoisotopic (exact) mass is 282 g/mol. The highest BCUT2D eigenvalue weighted by molar-refractivity contribution is 5.13. The molecule has 1 aromatic rings. The van der Waals surface area contributed by atoms with Gasteiger partial charge in [0, 0.05) is 6.61 Å². The molecule has 118 valence electrons. The molecule has 0 aliphatic carbocycles. The van der Waals surface area contributed by atoms with Crippen molar-refractivity contribution in [3.05, 3.63) is 35.9 Å². The SMILES string of the molecule is CC(C)COCc1ccccc1.CCC.CCC(C)O. The number of hydrogen-bond donors (Lipinski definition) is 1. The van der Waals surface area contributed by atoms with Crippen LogP contribution in [-0.2, 0) is 11.3 Å². The Bertz CT molecular complexity index is 268. The van der Waals surface area contributed by atoms with Gasteiger partial charge in [-0.1, -0.05) is 71.4 Å². The van der Waals surface area contributed by atoms with Crippen LogP contribution in [-0.4, -0.2) is 17.8 Å². The molecular formula is C18H34O2. The Balaban J connectivity index is 0. The molecule has 0 amide bonds. The summed E-state index contributed by atoms with van der Waals surface area (Å²) >= 11 is 0. The Morgan fingerprint density at radius 3 is 1.80 bits per heavy atom. The fraction of sp³-hybridized carbons (Fsp3) is 0.667. The summed E-state index contributed by atoms with van der Waals surface area (Å²) in [6.07, 6.45) is 2.00. The first-order valence-corrected chi connectivity index (χ1v) is 7.77. The van der Waals surface area contributed by atoms with Crippen molar-refractivity contribution in [2.75, 3.05) is 6.61 Å². The average molecular weight is 282 g/mol. The van der Waals surface area contributed by atoms with E-state index in [1.165, 1.54) is 12.0 Å². The molecule has 0 fully saturated rings. The zero-order chi connectivity index (χ0) is 15.8. The molecule has 0 aliphatic heterocycles. The number of aliphatic hydroxyl groups is 1. The maximum absolute atomic E-state index is 8.36. The number of aliphatic hydroxyl groups excluding tert-OH is 1. The lowest BCUT2D eigenvalue weighted by atomic mass is 10.2. The van der Waals surface area contributed by atoms with Gasteiger partial charge in [0.1, 0.15) is 0 Å². The zero-order valence-electron chi connectivity index (χ0n) is 14.2. The Kier molecular flexibility index (Phi) is 17.4. The van der Waals surface area contributed by atoms with Gasteiger partial charge in [-0.2, -0.15) is 0 Å². The van der Waals surface area contributed by atoms with Crippen molar-refractivity contribution in [3.63, 3.8) is 0 Å². The van der Waals surface area contributed by atoms with E-state index in [0.29, 0.717) is 5.92 Å². The molecule has 20 heavy (non-hydrogen) atoms. The molecule has 0 heterocycles. The third-order valence-corrected chi connectivity index (χ3v) is 2.15. The highest BCUT2D eigenvalue weighted by Gasteiger charge is 1.94. The lowest BCUT2D eigenvalue weighted by molar-refractivity contribution is 0.0971. The van der Waals surface area contributed by atoms with Gasteiger partial charge >= 0.3 is 0 Å². The van der Waals surface area contributed by atoms with Crippen LogP contribution in [0.15, 0.2) is 30.3 Å². The van der Waals surface area contributed by atoms with Crippen LogP contribution in [0.2, 0.25) is 0 Å². The van der Waals surface area contributed by atoms with Crippen LogP contribution in [0, 0.1) is 5.92 Å². The molecule has 0 saturated heterocycles. The lowest BCUT2D eigenvalue weighted by Gasteiger charge is -2.05. The number of rotatable bonds is 5. The molecule has 1 aromatic carbocycles. The van der Waals surface area contributed by atoms with E-state index >= 15 is 0 Å². The summed E-state index contributed by atoms with van der Waals surface area (Å²) < 4.78 is 5.48. The van der Waals surface area contributed by atoms with Crippen molar-refractivity contribution in [2.45, 2.75) is 67.1 Å². The van der Waals surface area contributed by atoms with Crippen LogP contribution >= 0.6 is 0 Å². The van der Waals surface area contributed by atoms with Crippen molar-refractivity contribution in [1.82, 2.24) is 0 Å². The number of hydrogen-bond acceptors (Lipinski definition) is 2. The van der Waals surface area contributed by atoms with E-state index in [2.05, 4.69) is 39.8 Å². The maximum atomic E-state index is 8.36. The van der Waals surface area contributed by atoms with E-state index in [1.54, 1.807) is 6.92 Å². The molecule has 0 aliphatic rings. The summed E-state index contributed by atoms with van der Waals surface area (Å²) in [7, 11) is 0. The molecule has 1 atom stereocenters. The molecule has 1 unspecified atom stereocenters. The van der Waals surface area contributed by atoms with Gasteiger partial charge in [-0.15, -0.1) is 0 Å².